The quantitative estimate of drug-likeness (QED) is 0.601. The smallest absolute Gasteiger partial charge is 0.244 e. The highest BCUT2D eigenvalue weighted by Gasteiger charge is 2.25. The zero-order valence-electron chi connectivity index (χ0n) is 16.5. The van der Waals surface area contributed by atoms with Gasteiger partial charge in [-0.1, -0.05) is 12.1 Å². The number of nitrogens with zero attached hydrogens (tertiary/aromatic N) is 2. The SMILES string of the molecule is CNC(=O)/C=C(\c1ccc(F)c(F)c1)c1ccc2nc(N)n(S(=O)(=O)C(C)C)c2c1. The lowest BCUT2D eigenvalue weighted by Gasteiger charge is -2.13. The molecule has 10 heteroatoms. The van der Waals surface area contributed by atoms with Gasteiger partial charge in [0.2, 0.25) is 21.9 Å². The van der Waals surface area contributed by atoms with E-state index in [0.29, 0.717) is 11.1 Å². The molecular formula is C20H20F2N4O3S. The number of carbonyl (C=O) groups excluding carboxylic acids is 1. The normalized spacial score (nSPS) is 12.5. The van der Waals surface area contributed by atoms with Gasteiger partial charge in [-0.05, 0) is 54.8 Å². The molecule has 30 heavy (non-hydrogen) atoms. The molecule has 1 amide bonds. The maximum Gasteiger partial charge on any atom is 0.244 e. The van der Waals surface area contributed by atoms with Gasteiger partial charge in [0.15, 0.2) is 11.6 Å². The van der Waals surface area contributed by atoms with Crippen molar-refractivity contribution in [1.82, 2.24) is 14.3 Å². The molecule has 0 spiro atoms. The molecule has 2 aromatic carbocycles. The number of benzene rings is 2. The summed E-state index contributed by atoms with van der Waals surface area (Å²) < 4.78 is 53.7. The maximum atomic E-state index is 13.8. The average Bonchev–Trinajstić information content (AvgIpc) is 3.03. The summed E-state index contributed by atoms with van der Waals surface area (Å²) in [6, 6.07) is 7.88. The number of carbonyl (C=O) groups is 1. The first-order valence-corrected chi connectivity index (χ1v) is 10.5. The number of nitrogens with one attached hydrogen (secondary N) is 1. The molecule has 0 aliphatic carbocycles. The van der Waals surface area contributed by atoms with Gasteiger partial charge in [0.25, 0.3) is 0 Å². The van der Waals surface area contributed by atoms with Crippen LogP contribution in [0, 0.1) is 11.6 Å². The molecule has 158 valence electrons. The van der Waals surface area contributed by atoms with E-state index in [2.05, 4.69) is 10.3 Å². The Kier molecular flexibility index (Phi) is 5.62. The number of anilines is 1. The van der Waals surface area contributed by atoms with E-state index < -0.39 is 32.8 Å². The summed E-state index contributed by atoms with van der Waals surface area (Å²) in [6.07, 6.45) is 1.22. The van der Waals surface area contributed by atoms with Crippen LogP contribution in [-0.2, 0) is 14.8 Å². The number of imidazole rings is 1. The zero-order valence-corrected chi connectivity index (χ0v) is 17.3. The Labute approximate surface area is 172 Å². The van der Waals surface area contributed by atoms with E-state index in [4.69, 9.17) is 5.73 Å². The minimum atomic E-state index is -3.82. The van der Waals surface area contributed by atoms with Gasteiger partial charge in [0, 0.05) is 13.1 Å². The van der Waals surface area contributed by atoms with Crippen LogP contribution in [0.15, 0.2) is 42.5 Å². The van der Waals surface area contributed by atoms with Gasteiger partial charge in [-0.2, -0.15) is 0 Å². The first-order valence-electron chi connectivity index (χ1n) is 8.97. The second kappa shape index (κ2) is 7.86. The first kappa shape index (κ1) is 21.4. The molecule has 0 saturated heterocycles. The lowest BCUT2D eigenvalue weighted by Crippen LogP contribution is -2.23. The lowest BCUT2D eigenvalue weighted by atomic mass is 9.96. The van der Waals surface area contributed by atoms with Gasteiger partial charge < -0.3 is 11.1 Å². The number of fused-ring (bicyclic) bond motifs is 1. The molecule has 3 N–H and O–H groups in total. The third-order valence-corrected chi connectivity index (χ3v) is 6.64. The Balaban J connectivity index is 2.29. The Hall–Kier alpha value is -3.27. The summed E-state index contributed by atoms with van der Waals surface area (Å²) in [6.45, 7) is 3.03. The molecule has 0 aliphatic heterocycles. The first-order chi connectivity index (χ1) is 14.1. The number of halogens is 2. The molecule has 3 rings (SSSR count). The standard InChI is InChI=1S/C20H20F2N4O3S/c1-11(2)30(28,29)26-18-9-13(5-7-17(18)25-20(26)23)14(10-19(27)24-3)12-4-6-15(21)16(22)8-12/h4-11H,1-3H3,(H2,23,25)(H,24,27)/b14-10+. The number of nitrogens with two attached hydrogens (primary N) is 1. The minimum Gasteiger partial charge on any atom is -0.368 e. The average molecular weight is 434 g/mol. The van der Waals surface area contributed by atoms with E-state index in [0.717, 1.165) is 16.1 Å². The summed E-state index contributed by atoms with van der Waals surface area (Å²) in [5.41, 5.74) is 7.31. The Morgan fingerprint density at radius 3 is 2.37 bits per heavy atom. The third-order valence-electron chi connectivity index (χ3n) is 4.55. The van der Waals surface area contributed by atoms with Gasteiger partial charge in [-0.25, -0.2) is 26.2 Å². The van der Waals surface area contributed by atoms with E-state index in [1.54, 1.807) is 12.1 Å². The van der Waals surface area contributed by atoms with E-state index in [-0.39, 0.29) is 22.6 Å². The van der Waals surface area contributed by atoms with E-state index in [9.17, 15) is 22.0 Å². The van der Waals surface area contributed by atoms with Crippen molar-refractivity contribution in [2.24, 2.45) is 0 Å². The highest BCUT2D eigenvalue weighted by Crippen LogP contribution is 2.30. The zero-order chi connectivity index (χ0) is 22.2. The highest BCUT2D eigenvalue weighted by atomic mass is 32.2. The highest BCUT2D eigenvalue weighted by molar-refractivity contribution is 7.90. The van der Waals surface area contributed by atoms with Crippen molar-refractivity contribution < 1.29 is 22.0 Å². The van der Waals surface area contributed by atoms with Gasteiger partial charge >= 0.3 is 0 Å². The van der Waals surface area contributed by atoms with Crippen molar-refractivity contribution in [3.8, 4) is 0 Å². The number of amides is 1. The van der Waals surface area contributed by atoms with Crippen LogP contribution >= 0.6 is 0 Å². The largest absolute Gasteiger partial charge is 0.368 e. The molecule has 0 bridgehead atoms. The molecule has 1 heterocycles. The number of likely N-dealkylation sites (N-methyl/N-ethyl adjacent to an activating group) is 1. The molecule has 0 aliphatic rings. The predicted molar refractivity (Wildman–Crippen MR) is 111 cm³/mol. The van der Waals surface area contributed by atoms with Gasteiger partial charge in [0.05, 0.1) is 16.3 Å². The third kappa shape index (κ3) is 3.78. The molecule has 3 aromatic rings. The van der Waals surface area contributed by atoms with Crippen LogP contribution in [0.3, 0.4) is 0 Å². The second-order valence-electron chi connectivity index (χ2n) is 6.83. The summed E-state index contributed by atoms with van der Waals surface area (Å²) in [5, 5.41) is 1.68. The fraction of sp³-hybridized carbons (Fsp3) is 0.200. The Morgan fingerprint density at radius 1 is 1.13 bits per heavy atom. The van der Waals surface area contributed by atoms with E-state index >= 15 is 0 Å². The van der Waals surface area contributed by atoms with Crippen molar-refractivity contribution in [1.29, 1.82) is 0 Å². The summed E-state index contributed by atoms with van der Waals surface area (Å²) >= 11 is 0. The van der Waals surface area contributed by atoms with Crippen molar-refractivity contribution in [3.05, 3.63) is 65.2 Å². The van der Waals surface area contributed by atoms with Crippen LogP contribution in [0.25, 0.3) is 16.6 Å². The minimum absolute atomic E-state index is 0.194. The monoisotopic (exact) mass is 434 g/mol. The summed E-state index contributed by atoms with van der Waals surface area (Å²) in [7, 11) is -2.39. The topological polar surface area (TPSA) is 107 Å². The number of rotatable bonds is 5. The lowest BCUT2D eigenvalue weighted by molar-refractivity contribution is -0.116. The fourth-order valence-corrected chi connectivity index (χ4v) is 4.06. The molecular weight excluding hydrogens is 414 g/mol. The second-order valence-corrected chi connectivity index (χ2v) is 9.17. The Morgan fingerprint density at radius 2 is 1.77 bits per heavy atom. The molecule has 0 saturated carbocycles. The summed E-state index contributed by atoms with van der Waals surface area (Å²) in [5.74, 6) is -2.77. The maximum absolute atomic E-state index is 13.8. The predicted octanol–water partition coefficient (Wildman–Crippen LogP) is 2.66. The number of aromatic nitrogens is 2. The van der Waals surface area contributed by atoms with Crippen molar-refractivity contribution in [2.75, 3.05) is 12.8 Å². The number of nitrogen functional groups attached to an aromatic ring is 1. The van der Waals surface area contributed by atoms with Gasteiger partial charge in [-0.15, -0.1) is 0 Å². The molecule has 7 nitrogen and oxygen atoms in total. The summed E-state index contributed by atoms with van der Waals surface area (Å²) in [4.78, 5) is 16.1. The molecule has 0 fully saturated rings. The van der Waals surface area contributed by atoms with Crippen LogP contribution < -0.4 is 11.1 Å². The van der Waals surface area contributed by atoms with Crippen molar-refractivity contribution in [3.63, 3.8) is 0 Å². The van der Waals surface area contributed by atoms with E-state index in [1.807, 2.05) is 0 Å². The molecule has 0 atom stereocenters. The number of hydrogen-bond donors (Lipinski definition) is 2. The van der Waals surface area contributed by atoms with Gasteiger partial charge in [-0.3, -0.25) is 4.79 Å². The fourth-order valence-electron chi connectivity index (χ4n) is 2.92. The molecule has 0 unspecified atom stereocenters. The van der Waals surface area contributed by atoms with Gasteiger partial charge in [0.1, 0.15) is 0 Å². The molecule has 1 aromatic heterocycles. The van der Waals surface area contributed by atoms with Crippen LogP contribution in [0.5, 0.6) is 0 Å². The van der Waals surface area contributed by atoms with Crippen LogP contribution in [-0.4, -0.2) is 35.6 Å². The Bertz CT molecular complexity index is 1280. The van der Waals surface area contributed by atoms with Crippen LogP contribution in [0.4, 0.5) is 14.7 Å². The number of hydrogen-bond acceptors (Lipinski definition) is 5. The van der Waals surface area contributed by atoms with E-state index in [1.165, 1.54) is 39.1 Å². The van der Waals surface area contributed by atoms with Crippen LogP contribution in [0.1, 0.15) is 25.0 Å². The van der Waals surface area contributed by atoms with Crippen LogP contribution in [0.2, 0.25) is 0 Å². The van der Waals surface area contributed by atoms with Crippen molar-refractivity contribution in [2.45, 2.75) is 19.1 Å². The molecule has 0 radical (unpaired) electrons. The van der Waals surface area contributed by atoms with Crippen molar-refractivity contribution >= 4 is 38.5 Å².